The molecule has 4 aliphatic rings. The van der Waals surface area contributed by atoms with Crippen LogP contribution in [-0.2, 0) is 9.78 Å². The van der Waals surface area contributed by atoms with Crippen LogP contribution in [-0.4, -0.2) is 47.0 Å². The molecule has 3 aliphatic carbocycles. The Bertz CT molecular complexity index is 880. The Morgan fingerprint density at radius 1 is 1.08 bits per heavy atom. The first-order valence-electron chi connectivity index (χ1n) is 13.4. The van der Waals surface area contributed by atoms with Crippen LogP contribution in [0.25, 0.3) is 0 Å². The Morgan fingerprint density at radius 3 is 2.46 bits per heavy atom. The largest absolute Gasteiger partial charge is 0.426 e. The zero-order chi connectivity index (χ0) is 27.2. The van der Waals surface area contributed by atoms with Crippen molar-refractivity contribution in [3.05, 3.63) is 22.8 Å². The smallest absolute Gasteiger partial charge is 0.393 e. The van der Waals surface area contributed by atoms with Crippen LogP contribution < -0.4 is 0 Å². The van der Waals surface area contributed by atoms with Gasteiger partial charge in [-0.3, -0.25) is 0 Å². The Hall–Kier alpha value is -1.10. The summed E-state index contributed by atoms with van der Waals surface area (Å²) in [4.78, 5) is 11.0. The van der Waals surface area contributed by atoms with E-state index in [1.807, 2.05) is 6.92 Å². The Morgan fingerprint density at radius 2 is 1.78 bits per heavy atom. The lowest BCUT2D eigenvalue weighted by Gasteiger charge is -2.45. The average molecular weight is 541 g/mol. The van der Waals surface area contributed by atoms with Gasteiger partial charge in [-0.2, -0.15) is 26.3 Å². The summed E-state index contributed by atoms with van der Waals surface area (Å²) in [6.07, 6.45) is -5.02. The predicted octanol–water partition coefficient (Wildman–Crippen LogP) is 6.96. The summed E-state index contributed by atoms with van der Waals surface area (Å²) >= 11 is 0. The Balaban J connectivity index is 1.44. The van der Waals surface area contributed by atoms with Crippen LogP contribution in [0.5, 0.6) is 0 Å². The SMILES string of the molecule is C[C@H](CCCC(O)(C(F)(F)F)C(F)(F)F)[C@H]1CC[C@H]2/C(=C/C3OOCC4=C3C[C@@H](O)CC4)CCC[C@]12C. The monoisotopic (exact) mass is 540 g/mol. The fourth-order valence-electron chi connectivity index (χ4n) is 7.58. The molecule has 212 valence electrons. The third kappa shape index (κ3) is 5.50. The number of fused-ring (bicyclic) bond motifs is 1. The number of aliphatic hydroxyl groups is 2. The quantitative estimate of drug-likeness (QED) is 0.217. The standard InChI is InChI=1S/C27H38F6O4/c1-16(5-3-12-25(35,26(28,29)30)27(31,32)33)21-9-10-22-17(6-4-11-24(21,22)2)13-23-20-14-19(34)8-7-18(20)15-36-37-23/h13,16,19,21-23,34-35H,3-12,14-15H2,1-2H3/b17-13+/t16-,19+,21-,22+,23?,24-/m1/s1. The highest BCUT2D eigenvalue weighted by Gasteiger charge is 2.69. The number of aliphatic hydroxyl groups excluding tert-OH is 1. The Labute approximate surface area is 214 Å². The van der Waals surface area contributed by atoms with Crippen molar-refractivity contribution in [1.82, 2.24) is 0 Å². The molecule has 1 heterocycles. The van der Waals surface area contributed by atoms with Crippen molar-refractivity contribution < 1.29 is 46.3 Å². The van der Waals surface area contributed by atoms with E-state index in [0.29, 0.717) is 13.0 Å². The third-order valence-electron chi connectivity index (χ3n) is 9.66. The number of hydrogen-bond acceptors (Lipinski definition) is 4. The van der Waals surface area contributed by atoms with Crippen LogP contribution in [0.2, 0.25) is 0 Å². The predicted molar refractivity (Wildman–Crippen MR) is 124 cm³/mol. The fourth-order valence-corrected chi connectivity index (χ4v) is 7.58. The first kappa shape index (κ1) is 28.9. The van der Waals surface area contributed by atoms with Crippen LogP contribution in [0.15, 0.2) is 22.8 Å². The van der Waals surface area contributed by atoms with Crippen molar-refractivity contribution >= 4 is 0 Å². The summed E-state index contributed by atoms with van der Waals surface area (Å²) < 4.78 is 78.3. The maximum atomic E-state index is 13.1. The molecule has 37 heavy (non-hydrogen) atoms. The number of rotatable bonds is 6. The topological polar surface area (TPSA) is 58.9 Å². The molecule has 0 amide bonds. The van der Waals surface area contributed by atoms with Crippen LogP contribution in [0.4, 0.5) is 26.3 Å². The first-order valence-corrected chi connectivity index (χ1v) is 13.4. The van der Waals surface area contributed by atoms with E-state index < -0.39 is 24.4 Å². The van der Waals surface area contributed by atoms with E-state index in [0.717, 1.165) is 50.5 Å². The fraction of sp³-hybridized carbons (Fsp3) is 0.852. The van der Waals surface area contributed by atoms with E-state index >= 15 is 0 Å². The first-order chi connectivity index (χ1) is 17.2. The van der Waals surface area contributed by atoms with E-state index in [4.69, 9.17) is 9.78 Å². The molecule has 2 N–H and O–H groups in total. The van der Waals surface area contributed by atoms with Gasteiger partial charge in [0.15, 0.2) is 0 Å². The van der Waals surface area contributed by atoms with Gasteiger partial charge in [-0.1, -0.05) is 25.8 Å². The van der Waals surface area contributed by atoms with Crippen LogP contribution >= 0.6 is 0 Å². The highest BCUT2D eigenvalue weighted by atomic mass is 19.4. The van der Waals surface area contributed by atoms with Gasteiger partial charge < -0.3 is 10.2 Å². The van der Waals surface area contributed by atoms with Crippen LogP contribution in [0.3, 0.4) is 0 Å². The van der Waals surface area contributed by atoms with Crippen molar-refractivity contribution in [2.45, 2.75) is 115 Å². The molecule has 2 fully saturated rings. The Kier molecular flexibility index (Phi) is 8.18. The molecule has 0 radical (unpaired) electrons. The lowest BCUT2D eigenvalue weighted by atomic mass is 9.60. The van der Waals surface area contributed by atoms with Gasteiger partial charge in [-0.25, -0.2) is 9.78 Å². The molecule has 4 nitrogen and oxygen atoms in total. The zero-order valence-electron chi connectivity index (χ0n) is 21.4. The van der Waals surface area contributed by atoms with Crippen molar-refractivity contribution in [3.63, 3.8) is 0 Å². The number of halogens is 6. The second-order valence-electron chi connectivity index (χ2n) is 11.9. The summed E-state index contributed by atoms with van der Waals surface area (Å²) in [6.45, 7) is 4.53. The van der Waals surface area contributed by atoms with Gasteiger partial charge in [0, 0.05) is 0 Å². The molecule has 0 saturated heterocycles. The van der Waals surface area contributed by atoms with E-state index in [-0.39, 0.29) is 48.2 Å². The molecule has 1 aliphatic heterocycles. The van der Waals surface area contributed by atoms with Gasteiger partial charge >= 0.3 is 12.4 Å². The van der Waals surface area contributed by atoms with Crippen molar-refractivity contribution in [2.75, 3.05) is 6.61 Å². The second kappa shape index (κ2) is 10.5. The molecule has 1 unspecified atom stereocenters. The summed E-state index contributed by atoms with van der Waals surface area (Å²) in [5, 5.41) is 19.7. The molecular weight excluding hydrogens is 502 g/mol. The maximum absolute atomic E-state index is 13.1. The molecule has 0 aromatic carbocycles. The average Bonchev–Trinajstić information content (AvgIpc) is 3.15. The zero-order valence-corrected chi connectivity index (χ0v) is 21.4. The van der Waals surface area contributed by atoms with E-state index in [2.05, 4.69) is 13.0 Å². The van der Waals surface area contributed by atoms with Gasteiger partial charge in [0.1, 0.15) is 12.7 Å². The number of hydrogen-bond donors (Lipinski definition) is 2. The van der Waals surface area contributed by atoms with Crippen LogP contribution in [0, 0.1) is 23.2 Å². The maximum Gasteiger partial charge on any atom is 0.426 e. The van der Waals surface area contributed by atoms with Crippen molar-refractivity contribution in [2.24, 2.45) is 23.2 Å². The molecular formula is C27H38F6O4. The van der Waals surface area contributed by atoms with Gasteiger partial charge in [-0.05, 0) is 105 Å². The van der Waals surface area contributed by atoms with Crippen molar-refractivity contribution in [1.29, 1.82) is 0 Å². The number of allylic oxidation sites excluding steroid dienone is 1. The molecule has 0 aromatic heterocycles. The van der Waals surface area contributed by atoms with Gasteiger partial charge in [0.05, 0.1) is 6.10 Å². The van der Waals surface area contributed by atoms with Crippen LogP contribution in [0.1, 0.15) is 84.5 Å². The summed E-state index contributed by atoms with van der Waals surface area (Å²) in [7, 11) is 0. The molecule has 0 spiro atoms. The van der Waals surface area contributed by atoms with Gasteiger partial charge in [0.25, 0.3) is 5.60 Å². The minimum absolute atomic E-state index is 0.0721. The molecule has 2 saturated carbocycles. The molecule has 4 rings (SSSR count). The third-order valence-corrected chi connectivity index (χ3v) is 9.66. The summed E-state index contributed by atoms with van der Waals surface area (Å²) in [6, 6.07) is 0. The molecule has 10 heteroatoms. The van der Waals surface area contributed by atoms with E-state index in [1.165, 1.54) is 11.1 Å². The van der Waals surface area contributed by atoms with E-state index in [9.17, 15) is 36.6 Å². The summed E-state index contributed by atoms with van der Waals surface area (Å²) in [5.74, 6) is 0.358. The van der Waals surface area contributed by atoms with Crippen molar-refractivity contribution in [3.8, 4) is 0 Å². The highest BCUT2D eigenvalue weighted by Crippen LogP contribution is 2.60. The van der Waals surface area contributed by atoms with Gasteiger partial charge in [-0.15, -0.1) is 0 Å². The normalized spacial score (nSPS) is 35.5. The van der Waals surface area contributed by atoms with Gasteiger partial charge in [0.2, 0.25) is 0 Å². The lowest BCUT2D eigenvalue weighted by molar-refractivity contribution is -0.370. The lowest BCUT2D eigenvalue weighted by Crippen LogP contribution is -2.56. The molecule has 0 bridgehead atoms. The highest BCUT2D eigenvalue weighted by molar-refractivity contribution is 5.31. The number of alkyl halides is 6. The summed E-state index contributed by atoms with van der Waals surface area (Å²) in [5.41, 5.74) is -1.23. The molecule has 6 atom stereocenters. The molecule has 0 aromatic rings. The minimum Gasteiger partial charge on any atom is -0.393 e. The minimum atomic E-state index is -5.77. The second-order valence-corrected chi connectivity index (χ2v) is 11.9. The van der Waals surface area contributed by atoms with E-state index in [1.54, 1.807) is 0 Å².